The summed E-state index contributed by atoms with van der Waals surface area (Å²) in [5, 5.41) is 2.68. The van der Waals surface area contributed by atoms with Crippen LogP contribution >= 0.6 is 0 Å². The van der Waals surface area contributed by atoms with Crippen molar-refractivity contribution in [1.82, 2.24) is 0 Å². The molecule has 3 rings (SSSR count). The molecule has 0 radical (unpaired) electrons. The molecule has 0 bridgehead atoms. The number of carbonyl (C=O) groups excluding carboxylic acids is 1. The second-order valence-electron chi connectivity index (χ2n) is 7.79. The number of anilines is 3. The molecule has 3 N–H and O–H groups in total. The molecule has 1 amide bonds. The van der Waals surface area contributed by atoms with Crippen LogP contribution in [0, 0.1) is 20.8 Å². The minimum Gasteiger partial charge on any atom is -0.322 e. The molecule has 0 atom stereocenters. The molecule has 0 heterocycles. The van der Waals surface area contributed by atoms with Crippen LogP contribution < -0.4 is 14.8 Å². The molecule has 0 unspecified atom stereocenters. The first-order valence-corrected chi connectivity index (χ1v) is 13.3. The van der Waals surface area contributed by atoms with Crippen molar-refractivity contribution in [2.75, 3.05) is 21.0 Å². The lowest BCUT2D eigenvalue weighted by molar-refractivity contribution is 0.102. The summed E-state index contributed by atoms with van der Waals surface area (Å²) in [5.41, 5.74) is 4.17. The Kier molecular flexibility index (Phi) is 6.80. The number of amides is 1. The summed E-state index contributed by atoms with van der Waals surface area (Å²) in [7, 11) is -7.29. The van der Waals surface area contributed by atoms with E-state index in [1.54, 1.807) is 31.2 Å². The molecule has 10 heteroatoms. The lowest BCUT2D eigenvalue weighted by Crippen LogP contribution is -2.15. The van der Waals surface area contributed by atoms with Crippen molar-refractivity contribution in [3.05, 3.63) is 82.9 Å². The average molecular weight is 488 g/mol. The summed E-state index contributed by atoms with van der Waals surface area (Å²) in [6, 6.07) is 15.6. The number of benzene rings is 3. The zero-order chi connectivity index (χ0) is 24.4. The van der Waals surface area contributed by atoms with Crippen molar-refractivity contribution in [1.29, 1.82) is 0 Å². The highest BCUT2D eigenvalue weighted by molar-refractivity contribution is 7.92. The van der Waals surface area contributed by atoms with Gasteiger partial charge in [0.25, 0.3) is 15.9 Å². The third-order valence-corrected chi connectivity index (χ3v) is 6.96. The zero-order valence-electron chi connectivity index (χ0n) is 18.6. The molecule has 174 valence electrons. The Morgan fingerprint density at radius 1 is 0.697 bits per heavy atom. The quantitative estimate of drug-likeness (QED) is 0.464. The van der Waals surface area contributed by atoms with Gasteiger partial charge in [0.1, 0.15) is 0 Å². The van der Waals surface area contributed by atoms with Crippen molar-refractivity contribution in [2.45, 2.75) is 25.7 Å². The highest BCUT2D eigenvalue weighted by atomic mass is 32.2. The second kappa shape index (κ2) is 9.24. The summed E-state index contributed by atoms with van der Waals surface area (Å²) < 4.78 is 53.3. The van der Waals surface area contributed by atoms with Crippen LogP contribution in [0.4, 0.5) is 17.1 Å². The number of aryl methyl sites for hydroxylation is 3. The van der Waals surface area contributed by atoms with Crippen molar-refractivity contribution >= 4 is 43.0 Å². The minimum atomic E-state index is -3.82. The van der Waals surface area contributed by atoms with Crippen LogP contribution in [0.5, 0.6) is 0 Å². The van der Waals surface area contributed by atoms with Crippen LogP contribution in [0.3, 0.4) is 0 Å². The maximum Gasteiger partial charge on any atom is 0.261 e. The van der Waals surface area contributed by atoms with E-state index in [2.05, 4.69) is 14.8 Å². The summed E-state index contributed by atoms with van der Waals surface area (Å²) >= 11 is 0. The molecule has 0 saturated heterocycles. The van der Waals surface area contributed by atoms with E-state index < -0.39 is 26.0 Å². The molecule has 8 nitrogen and oxygen atoms in total. The zero-order valence-corrected chi connectivity index (χ0v) is 20.3. The smallest absolute Gasteiger partial charge is 0.261 e. The van der Waals surface area contributed by atoms with Gasteiger partial charge in [-0.25, -0.2) is 16.8 Å². The van der Waals surface area contributed by atoms with E-state index in [0.717, 1.165) is 17.4 Å². The van der Waals surface area contributed by atoms with E-state index in [1.807, 2.05) is 19.9 Å². The van der Waals surface area contributed by atoms with Crippen LogP contribution in [0.1, 0.15) is 27.0 Å². The van der Waals surface area contributed by atoms with E-state index in [0.29, 0.717) is 22.6 Å². The topological polar surface area (TPSA) is 121 Å². The molecule has 33 heavy (non-hydrogen) atoms. The normalized spacial score (nSPS) is 11.6. The Morgan fingerprint density at radius 2 is 1.30 bits per heavy atom. The van der Waals surface area contributed by atoms with E-state index in [4.69, 9.17) is 0 Å². The van der Waals surface area contributed by atoms with Crippen molar-refractivity contribution in [2.24, 2.45) is 0 Å². The lowest BCUT2D eigenvalue weighted by Gasteiger charge is -2.12. The van der Waals surface area contributed by atoms with E-state index in [-0.39, 0.29) is 10.5 Å². The van der Waals surface area contributed by atoms with E-state index in [1.165, 1.54) is 30.3 Å². The minimum absolute atomic E-state index is 0.0206. The van der Waals surface area contributed by atoms with Crippen molar-refractivity contribution < 1.29 is 21.6 Å². The van der Waals surface area contributed by atoms with Crippen molar-refractivity contribution in [3.63, 3.8) is 0 Å². The van der Waals surface area contributed by atoms with Crippen LogP contribution in [0.15, 0.2) is 65.6 Å². The number of rotatable bonds is 7. The Labute approximate surface area is 194 Å². The first-order chi connectivity index (χ1) is 15.3. The molecule has 0 spiro atoms. The van der Waals surface area contributed by atoms with E-state index in [9.17, 15) is 21.6 Å². The molecule has 0 aliphatic heterocycles. The molecule has 0 saturated carbocycles. The monoisotopic (exact) mass is 487 g/mol. The first kappa shape index (κ1) is 24.3. The van der Waals surface area contributed by atoms with Gasteiger partial charge >= 0.3 is 0 Å². The Hall–Kier alpha value is -3.37. The largest absolute Gasteiger partial charge is 0.322 e. The van der Waals surface area contributed by atoms with Gasteiger partial charge in [0.05, 0.1) is 16.8 Å². The fourth-order valence-corrected chi connectivity index (χ4v) is 4.69. The van der Waals surface area contributed by atoms with Gasteiger partial charge in [0.2, 0.25) is 10.0 Å². The van der Waals surface area contributed by atoms with Gasteiger partial charge < -0.3 is 5.32 Å². The number of hydrogen-bond donors (Lipinski definition) is 3. The Morgan fingerprint density at radius 3 is 1.91 bits per heavy atom. The van der Waals surface area contributed by atoms with Gasteiger partial charge in [0.15, 0.2) is 0 Å². The number of nitrogens with one attached hydrogen (secondary N) is 3. The fourth-order valence-electron chi connectivity index (χ4n) is 3.02. The van der Waals surface area contributed by atoms with Crippen LogP contribution in [-0.4, -0.2) is 29.0 Å². The Bertz CT molecular complexity index is 1410. The van der Waals surface area contributed by atoms with Gasteiger partial charge in [-0.15, -0.1) is 0 Å². The highest BCUT2D eigenvalue weighted by Gasteiger charge is 2.16. The highest BCUT2D eigenvalue weighted by Crippen LogP contribution is 2.23. The second-order valence-corrected chi connectivity index (χ2v) is 11.2. The lowest BCUT2D eigenvalue weighted by atomic mass is 10.1. The number of sulfonamides is 2. The standard InChI is InChI=1S/C23H25N3O5S2/c1-15-5-10-20(13-17(15)3)25-33(30,31)21-11-7-18(8-12-21)23(27)24-19-9-6-16(2)22(14-19)26-32(4,28)29/h5-14,25-26H,1-4H3,(H,24,27). The van der Waals surface area contributed by atoms with Gasteiger partial charge in [-0.1, -0.05) is 12.1 Å². The van der Waals surface area contributed by atoms with Gasteiger partial charge in [-0.2, -0.15) is 0 Å². The molecule has 0 aliphatic carbocycles. The van der Waals surface area contributed by atoms with Crippen LogP contribution in [0.2, 0.25) is 0 Å². The van der Waals surface area contributed by atoms with Gasteiger partial charge in [-0.3, -0.25) is 14.2 Å². The molecular weight excluding hydrogens is 462 g/mol. The predicted molar refractivity (Wildman–Crippen MR) is 131 cm³/mol. The average Bonchev–Trinajstić information content (AvgIpc) is 2.72. The SMILES string of the molecule is Cc1ccc(NS(=O)(=O)c2ccc(C(=O)Nc3ccc(C)c(NS(C)(=O)=O)c3)cc2)cc1C. The van der Waals surface area contributed by atoms with Crippen LogP contribution in [-0.2, 0) is 20.0 Å². The summed E-state index contributed by atoms with van der Waals surface area (Å²) in [4.78, 5) is 12.6. The van der Waals surface area contributed by atoms with Crippen molar-refractivity contribution in [3.8, 4) is 0 Å². The fraction of sp³-hybridized carbons (Fsp3) is 0.174. The maximum atomic E-state index is 12.7. The Balaban J connectivity index is 1.75. The summed E-state index contributed by atoms with van der Waals surface area (Å²) in [5.74, 6) is -0.463. The van der Waals surface area contributed by atoms with E-state index >= 15 is 0 Å². The molecule has 3 aromatic carbocycles. The molecule has 3 aromatic rings. The predicted octanol–water partition coefficient (Wildman–Crippen LogP) is 4.04. The van der Waals surface area contributed by atoms with Gasteiger partial charge in [0, 0.05) is 16.9 Å². The molecule has 0 fully saturated rings. The third-order valence-electron chi connectivity index (χ3n) is 4.98. The first-order valence-electron chi connectivity index (χ1n) is 9.94. The number of hydrogen-bond acceptors (Lipinski definition) is 5. The molecule has 0 aliphatic rings. The summed E-state index contributed by atoms with van der Waals surface area (Å²) in [6.45, 7) is 5.58. The maximum absolute atomic E-state index is 12.7. The van der Waals surface area contributed by atoms with Gasteiger partial charge in [-0.05, 0) is 86.0 Å². The molecule has 0 aromatic heterocycles. The summed E-state index contributed by atoms with van der Waals surface area (Å²) in [6.07, 6.45) is 1.04. The van der Waals surface area contributed by atoms with Crippen LogP contribution in [0.25, 0.3) is 0 Å². The third kappa shape index (κ3) is 6.33. The number of carbonyl (C=O) groups is 1. The molecular formula is C23H25N3O5S2.